The Labute approximate surface area is 83.8 Å². The number of hydrogen-bond acceptors (Lipinski definition) is 2. The molecule has 0 saturated carbocycles. The molecule has 0 radical (unpaired) electrons. The van der Waals surface area contributed by atoms with Crippen LogP contribution in [-0.2, 0) is 9.53 Å². The van der Waals surface area contributed by atoms with Crippen LogP contribution in [0.1, 0.15) is 12.8 Å². The lowest BCUT2D eigenvalue weighted by atomic mass is 10.1. The Morgan fingerprint density at radius 3 is 1.75 bits per heavy atom. The monoisotopic (exact) mass is 258 g/mol. The third-order valence-electron chi connectivity index (χ3n) is 1.36. The van der Waals surface area contributed by atoms with Crippen LogP contribution < -0.4 is 0 Å². The SMILES string of the molecule is O=C(O)CC[C@](F)(OC(F)(F)F)C(F)(F)F. The minimum Gasteiger partial charge on any atom is -0.481 e. The van der Waals surface area contributed by atoms with Crippen LogP contribution in [0, 0.1) is 0 Å². The quantitative estimate of drug-likeness (QED) is 0.788. The van der Waals surface area contributed by atoms with Gasteiger partial charge in [0.05, 0.1) is 6.42 Å². The third-order valence-corrected chi connectivity index (χ3v) is 1.36. The number of halogens is 7. The van der Waals surface area contributed by atoms with Crippen molar-refractivity contribution in [3.05, 3.63) is 0 Å². The van der Waals surface area contributed by atoms with Crippen molar-refractivity contribution in [1.29, 1.82) is 0 Å². The van der Waals surface area contributed by atoms with Gasteiger partial charge < -0.3 is 5.11 Å². The molecule has 0 fully saturated rings. The Morgan fingerprint density at radius 1 is 1.06 bits per heavy atom. The predicted molar refractivity (Wildman–Crippen MR) is 33.9 cm³/mol. The Morgan fingerprint density at radius 2 is 1.50 bits per heavy atom. The zero-order valence-electron chi connectivity index (χ0n) is 7.32. The number of carbonyl (C=O) groups is 1. The lowest BCUT2D eigenvalue weighted by molar-refractivity contribution is -0.448. The van der Waals surface area contributed by atoms with E-state index in [1.54, 1.807) is 0 Å². The van der Waals surface area contributed by atoms with Crippen LogP contribution in [0.4, 0.5) is 30.7 Å². The van der Waals surface area contributed by atoms with Crippen LogP contribution in [0.2, 0.25) is 0 Å². The molecule has 0 unspecified atom stereocenters. The first-order valence-corrected chi connectivity index (χ1v) is 3.62. The van der Waals surface area contributed by atoms with E-state index >= 15 is 0 Å². The van der Waals surface area contributed by atoms with Crippen molar-refractivity contribution in [2.24, 2.45) is 0 Å². The van der Waals surface area contributed by atoms with Gasteiger partial charge in [-0.3, -0.25) is 4.79 Å². The van der Waals surface area contributed by atoms with Crippen LogP contribution in [0.5, 0.6) is 0 Å². The number of ether oxygens (including phenoxy) is 1. The summed E-state index contributed by atoms with van der Waals surface area (Å²) in [5.74, 6) is -6.93. The smallest absolute Gasteiger partial charge is 0.481 e. The van der Waals surface area contributed by atoms with Crippen LogP contribution in [0.3, 0.4) is 0 Å². The van der Waals surface area contributed by atoms with E-state index < -0.39 is 37.2 Å². The van der Waals surface area contributed by atoms with Gasteiger partial charge in [0.25, 0.3) is 0 Å². The van der Waals surface area contributed by atoms with E-state index in [0.29, 0.717) is 0 Å². The van der Waals surface area contributed by atoms with Gasteiger partial charge in [-0.1, -0.05) is 0 Å². The first-order chi connectivity index (χ1) is 6.87. The molecule has 0 aromatic carbocycles. The topological polar surface area (TPSA) is 46.5 Å². The first-order valence-electron chi connectivity index (χ1n) is 3.62. The number of carboxylic acids is 1. The van der Waals surface area contributed by atoms with E-state index in [1.807, 2.05) is 0 Å². The molecule has 1 atom stereocenters. The molecule has 0 aliphatic rings. The summed E-state index contributed by atoms with van der Waals surface area (Å²) in [7, 11) is 0. The average Bonchev–Trinajstić information content (AvgIpc) is 1.95. The molecule has 3 nitrogen and oxygen atoms in total. The van der Waals surface area contributed by atoms with Gasteiger partial charge in [-0.05, 0) is 0 Å². The molecule has 0 aromatic rings. The Balaban J connectivity index is 4.83. The van der Waals surface area contributed by atoms with E-state index in [1.165, 1.54) is 0 Å². The second-order valence-corrected chi connectivity index (χ2v) is 2.67. The molecule has 0 rings (SSSR count). The minimum atomic E-state index is -5.97. The fourth-order valence-electron chi connectivity index (χ4n) is 0.702. The molecule has 96 valence electrons. The summed E-state index contributed by atoms with van der Waals surface area (Å²) in [5, 5.41) is 7.97. The van der Waals surface area contributed by atoms with E-state index in [9.17, 15) is 35.5 Å². The predicted octanol–water partition coefficient (Wildman–Crippen LogP) is 2.62. The summed E-state index contributed by atoms with van der Waals surface area (Å²) in [6.45, 7) is 0. The maximum Gasteiger partial charge on any atom is 0.525 e. The molecule has 0 heterocycles. The average molecular weight is 258 g/mol. The lowest BCUT2D eigenvalue weighted by Crippen LogP contribution is -2.47. The second-order valence-electron chi connectivity index (χ2n) is 2.67. The number of alkyl halides is 7. The minimum absolute atomic E-state index is 1.45. The van der Waals surface area contributed by atoms with Gasteiger partial charge in [-0.15, -0.1) is 13.2 Å². The molecule has 0 aromatic heterocycles. The van der Waals surface area contributed by atoms with Crippen molar-refractivity contribution in [1.82, 2.24) is 0 Å². The van der Waals surface area contributed by atoms with E-state index in [-0.39, 0.29) is 0 Å². The summed E-state index contributed by atoms with van der Waals surface area (Å²) in [6.07, 6.45) is -15.3. The molecule has 0 aliphatic carbocycles. The summed E-state index contributed by atoms with van der Waals surface area (Å²) in [4.78, 5) is 9.87. The van der Waals surface area contributed by atoms with Gasteiger partial charge in [0, 0.05) is 6.42 Å². The molecule has 0 aliphatic heterocycles. The largest absolute Gasteiger partial charge is 0.525 e. The van der Waals surface area contributed by atoms with Crippen LogP contribution in [-0.4, -0.2) is 29.5 Å². The highest BCUT2D eigenvalue weighted by Gasteiger charge is 2.62. The van der Waals surface area contributed by atoms with Crippen molar-refractivity contribution in [2.75, 3.05) is 0 Å². The van der Waals surface area contributed by atoms with Crippen LogP contribution in [0.15, 0.2) is 0 Å². The molecular weight excluding hydrogens is 253 g/mol. The normalized spacial score (nSPS) is 16.9. The van der Waals surface area contributed by atoms with Crippen molar-refractivity contribution in [3.8, 4) is 0 Å². The molecule has 0 saturated heterocycles. The van der Waals surface area contributed by atoms with E-state index in [2.05, 4.69) is 4.74 Å². The van der Waals surface area contributed by atoms with Crippen molar-refractivity contribution in [3.63, 3.8) is 0 Å². The fourth-order valence-corrected chi connectivity index (χ4v) is 0.702. The van der Waals surface area contributed by atoms with E-state index in [4.69, 9.17) is 5.11 Å². The first kappa shape index (κ1) is 14.9. The van der Waals surface area contributed by atoms with Gasteiger partial charge in [-0.2, -0.15) is 13.2 Å². The number of carboxylic acid groups (broad SMARTS) is 1. The molecule has 1 N–H and O–H groups in total. The van der Waals surface area contributed by atoms with Gasteiger partial charge >= 0.3 is 24.4 Å². The summed E-state index contributed by atoms with van der Waals surface area (Å²) < 4.78 is 85.3. The number of hydrogen-bond donors (Lipinski definition) is 1. The molecule has 0 amide bonds. The summed E-state index contributed by atoms with van der Waals surface area (Å²) in [5.41, 5.74) is 0. The highest BCUT2D eigenvalue weighted by atomic mass is 19.4. The fraction of sp³-hybridized carbons (Fsp3) is 0.833. The molecule has 10 heteroatoms. The third kappa shape index (κ3) is 4.64. The van der Waals surface area contributed by atoms with E-state index in [0.717, 1.165) is 0 Å². The van der Waals surface area contributed by atoms with Crippen molar-refractivity contribution in [2.45, 2.75) is 31.2 Å². The number of aliphatic carboxylic acids is 1. The Kier molecular flexibility index (Phi) is 4.14. The standard InChI is InChI=1S/C6H5F7O3/c7-4(5(8,9)10,2-1-3(14)15)16-6(11,12)13/h1-2H2,(H,14,15)/t4-/m0/s1. The van der Waals surface area contributed by atoms with Crippen molar-refractivity contribution >= 4 is 5.97 Å². The zero-order chi connectivity index (χ0) is 13.2. The molecule has 16 heavy (non-hydrogen) atoms. The Bertz CT molecular complexity index is 258. The number of rotatable bonds is 4. The molecule has 0 spiro atoms. The summed E-state index contributed by atoms with van der Waals surface area (Å²) in [6, 6.07) is 0. The molecular formula is C6H5F7O3. The maximum atomic E-state index is 12.8. The lowest BCUT2D eigenvalue weighted by Gasteiger charge is -2.27. The van der Waals surface area contributed by atoms with Gasteiger partial charge in [0.1, 0.15) is 0 Å². The Hall–Kier alpha value is -1.06. The van der Waals surface area contributed by atoms with Crippen LogP contribution >= 0.6 is 0 Å². The maximum absolute atomic E-state index is 12.8. The second kappa shape index (κ2) is 4.44. The van der Waals surface area contributed by atoms with Gasteiger partial charge in [0.15, 0.2) is 0 Å². The van der Waals surface area contributed by atoms with Crippen LogP contribution in [0.25, 0.3) is 0 Å². The molecule has 0 bridgehead atoms. The van der Waals surface area contributed by atoms with Gasteiger partial charge in [0.2, 0.25) is 0 Å². The highest BCUT2D eigenvalue weighted by molar-refractivity contribution is 5.66. The summed E-state index contributed by atoms with van der Waals surface area (Å²) >= 11 is 0. The highest BCUT2D eigenvalue weighted by Crippen LogP contribution is 2.42. The van der Waals surface area contributed by atoms with Crippen molar-refractivity contribution < 1.29 is 45.4 Å². The zero-order valence-corrected chi connectivity index (χ0v) is 7.32. The van der Waals surface area contributed by atoms with Gasteiger partial charge in [-0.25, -0.2) is 9.13 Å².